The van der Waals surface area contributed by atoms with Crippen LogP contribution in [0.5, 0.6) is 0 Å². The molecule has 0 fully saturated rings. The summed E-state index contributed by atoms with van der Waals surface area (Å²) in [7, 11) is -2.26. The van der Waals surface area contributed by atoms with Crippen LogP contribution < -0.4 is 9.62 Å². The fourth-order valence-corrected chi connectivity index (χ4v) is 4.43. The fourth-order valence-electron chi connectivity index (χ4n) is 3.39. The molecule has 0 saturated carbocycles. The van der Waals surface area contributed by atoms with Crippen molar-refractivity contribution in [1.82, 2.24) is 10.2 Å². The minimum Gasteiger partial charge on any atom is -0.357 e. The van der Waals surface area contributed by atoms with Crippen LogP contribution in [0.15, 0.2) is 42.5 Å². The summed E-state index contributed by atoms with van der Waals surface area (Å²) in [6.45, 7) is 5.25. The predicted octanol–water partition coefficient (Wildman–Crippen LogP) is 3.28. The summed E-state index contributed by atoms with van der Waals surface area (Å²) in [5, 5.41) is 3.05. The van der Waals surface area contributed by atoms with Gasteiger partial charge in [0.1, 0.15) is 12.6 Å². The standard InChI is InChI=1S/C23H30ClN3O4S/c1-6-21(23(29)25-4)26(14-18-9-7-8-10-20(18)24)22(28)15-27(32(5,30)31)19-12-11-16(2)17(3)13-19/h7-13,21H,6,14-15H2,1-5H3,(H,25,29)/t21-/m1/s1. The number of carbonyl (C=O) groups excluding carboxylic acids is 2. The number of nitrogens with zero attached hydrogens (tertiary/aromatic N) is 2. The summed E-state index contributed by atoms with van der Waals surface area (Å²) in [6, 6.07) is 11.5. The van der Waals surface area contributed by atoms with Crippen LogP contribution >= 0.6 is 11.6 Å². The molecule has 0 radical (unpaired) electrons. The third kappa shape index (κ3) is 6.23. The predicted molar refractivity (Wildman–Crippen MR) is 128 cm³/mol. The van der Waals surface area contributed by atoms with E-state index in [2.05, 4.69) is 5.32 Å². The molecule has 0 aliphatic carbocycles. The minimum atomic E-state index is -3.76. The third-order valence-corrected chi connectivity index (χ3v) is 6.90. The Bertz CT molecular complexity index is 1090. The van der Waals surface area contributed by atoms with E-state index in [-0.39, 0.29) is 12.5 Å². The SMILES string of the molecule is CC[C@H](C(=O)NC)N(Cc1ccccc1Cl)C(=O)CN(c1ccc(C)c(C)c1)S(C)(=O)=O. The van der Waals surface area contributed by atoms with Crippen molar-refractivity contribution in [3.05, 3.63) is 64.2 Å². The maximum absolute atomic E-state index is 13.5. The van der Waals surface area contributed by atoms with E-state index in [1.807, 2.05) is 19.9 Å². The average molecular weight is 480 g/mol. The zero-order valence-corrected chi connectivity index (χ0v) is 20.6. The number of aryl methyl sites for hydroxylation is 2. The molecular weight excluding hydrogens is 450 g/mol. The van der Waals surface area contributed by atoms with Crippen molar-refractivity contribution in [2.75, 3.05) is 24.2 Å². The Morgan fingerprint density at radius 2 is 1.75 bits per heavy atom. The van der Waals surface area contributed by atoms with Crippen molar-refractivity contribution < 1.29 is 18.0 Å². The van der Waals surface area contributed by atoms with Gasteiger partial charge in [-0.15, -0.1) is 0 Å². The van der Waals surface area contributed by atoms with Gasteiger partial charge in [0.05, 0.1) is 11.9 Å². The van der Waals surface area contributed by atoms with Crippen molar-refractivity contribution in [2.45, 2.75) is 39.8 Å². The Balaban J connectivity index is 2.46. The van der Waals surface area contributed by atoms with Crippen LogP contribution in [-0.4, -0.2) is 51.0 Å². The van der Waals surface area contributed by atoms with Gasteiger partial charge >= 0.3 is 0 Å². The molecule has 9 heteroatoms. The summed E-state index contributed by atoms with van der Waals surface area (Å²) < 4.78 is 26.2. The molecule has 0 unspecified atom stereocenters. The zero-order valence-electron chi connectivity index (χ0n) is 19.1. The van der Waals surface area contributed by atoms with Crippen LogP contribution in [-0.2, 0) is 26.2 Å². The Labute approximate surface area is 195 Å². The van der Waals surface area contributed by atoms with Gasteiger partial charge < -0.3 is 10.2 Å². The summed E-state index contributed by atoms with van der Waals surface area (Å²) in [5.74, 6) is -0.825. The number of halogens is 1. The molecule has 0 saturated heterocycles. The molecule has 1 atom stereocenters. The molecule has 1 N–H and O–H groups in total. The number of hydrogen-bond acceptors (Lipinski definition) is 4. The van der Waals surface area contributed by atoms with Crippen LogP contribution in [0, 0.1) is 13.8 Å². The molecule has 32 heavy (non-hydrogen) atoms. The van der Waals surface area contributed by atoms with Crippen molar-refractivity contribution in [1.29, 1.82) is 0 Å². The zero-order chi connectivity index (χ0) is 24.1. The Morgan fingerprint density at radius 3 is 2.28 bits per heavy atom. The Hall–Kier alpha value is -2.58. The summed E-state index contributed by atoms with van der Waals surface area (Å²) >= 11 is 6.30. The number of nitrogens with one attached hydrogen (secondary N) is 1. The average Bonchev–Trinajstić information content (AvgIpc) is 2.74. The van der Waals surface area contributed by atoms with Gasteiger partial charge in [-0.25, -0.2) is 8.42 Å². The highest BCUT2D eigenvalue weighted by Gasteiger charge is 2.31. The van der Waals surface area contributed by atoms with Crippen molar-refractivity contribution in [3.8, 4) is 0 Å². The van der Waals surface area contributed by atoms with Gasteiger partial charge in [0.2, 0.25) is 21.8 Å². The quantitative estimate of drug-likeness (QED) is 0.598. The number of amides is 2. The molecule has 174 valence electrons. The summed E-state index contributed by atoms with van der Waals surface area (Å²) in [4.78, 5) is 27.4. The van der Waals surface area contributed by atoms with Gasteiger partial charge in [-0.3, -0.25) is 13.9 Å². The first-order valence-electron chi connectivity index (χ1n) is 10.3. The maximum Gasteiger partial charge on any atom is 0.244 e. The highest BCUT2D eigenvalue weighted by Crippen LogP contribution is 2.23. The number of hydrogen-bond donors (Lipinski definition) is 1. The topological polar surface area (TPSA) is 86.8 Å². The molecule has 0 aromatic heterocycles. The number of benzene rings is 2. The number of rotatable bonds is 9. The van der Waals surface area contributed by atoms with Gasteiger partial charge in [-0.05, 0) is 55.2 Å². The first-order valence-corrected chi connectivity index (χ1v) is 12.5. The highest BCUT2D eigenvalue weighted by molar-refractivity contribution is 7.92. The van der Waals surface area contributed by atoms with E-state index >= 15 is 0 Å². The summed E-state index contributed by atoms with van der Waals surface area (Å²) in [5.41, 5.74) is 2.99. The second-order valence-corrected chi connectivity index (χ2v) is 10.0. The smallest absolute Gasteiger partial charge is 0.244 e. The normalized spacial score (nSPS) is 12.2. The van der Waals surface area contributed by atoms with Crippen LogP contribution in [0.2, 0.25) is 5.02 Å². The van der Waals surface area contributed by atoms with E-state index < -0.39 is 28.5 Å². The second kappa shape index (κ2) is 10.8. The Kier molecular flexibility index (Phi) is 8.69. The van der Waals surface area contributed by atoms with Crippen molar-refractivity contribution >= 4 is 39.1 Å². The summed E-state index contributed by atoms with van der Waals surface area (Å²) in [6.07, 6.45) is 1.42. The molecule has 0 spiro atoms. The highest BCUT2D eigenvalue weighted by atomic mass is 35.5. The van der Waals surface area contributed by atoms with E-state index in [0.717, 1.165) is 21.7 Å². The lowest BCUT2D eigenvalue weighted by Crippen LogP contribution is -2.51. The third-order valence-electron chi connectivity index (χ3n) is 5.39. The van der Waals surface area contributed by atoms with E-state index in [4.69, 9.17) is 11.6 Å². The van der Waals surface area contributed by atoms with E-state index in [1.54, 1.807) is 43.3 Å². The van der Waals surface area contributed by atoms with E-state index in [9.17, 15) is 18.0 Å². The largest absolute Gasteiger partial charge is 0.357 e. The first-order chi connectivity index (χ1) is 15.0. The van der Waals surface area contributed by atoms with Gasteiger partial charge in [0, 0.05) is 18.6 Å². The molecule has 0 aliphatic heterocycles. The van der Waals surface area contributed by atoms with Crippen LogP contribution in [0.4, 0.5) is 5.69 Å². The fraction of sp³-hybridized carbons (Fsp3) is 0.391. The van der Waals surface area contributed by atoms with Crippen molar-refractivity contribution in [3.63, 3.8) is 0 Å². The molecule has 0 aliphatic rings. The molecule has 2 rings (SSSR count). The number of anilines is 1. The van der Waals surface area contributed by atoms with Crippen LogP contribution in [0.1, 0.15) is 30.0 Å². The number of sulfonamides is 1. The van der Waals surface area contributed by atoms with Crippen molar-refractivity contribution in [2.24, 2.45) is 0 Å². The molecule has 2 aromatic carbocycles. The van der Waals surface area contributed by atoms with Gasteiger partial charge in [-0.2, -0.15) is 0 Å². The number of likely N-dealkylation sites (N-methyl/N-ethyl adjacent to an activating group) is 1. The maximum atomic E-state index is 13.5. The van der Waals surface area contributed by atoms with Crippen LogP contribution in [0.3, 0.4) is 0 Å². The lowest BCUT2D eigenvalue weighted by Gasteiger charge is -2.32. The molecule has 2 amide bonds. The first kappa shape index (κ1) is 25.7. The van der Waals surface area contributed by atoms with Crippen LogP contribution in [0.25, 0.3) is 0 Å². The molecule has 0 bridgehead atoms. The lowest BCUT2D eigenvalue weighted by molar-refractivity contribution is -0.140. The second-order valence-electron chi connectivity index (χ2n) is 7.69. The molecule has 2 aromatic rings. The van der Waals surface area contributed by atoms with E-state index in [0.29, 0.717) is 22.7 Å². The Morgan fingerprint density at radius 1 is 1.09 bits per heavy atom. The lowest BCUT2D eigenvalue weighted by atomic mass is 10.1. The molecule has 7 nitrogen and oxygen atoms in total. The monoisotopic (exact) mass is 479 g/mol. The minimum absolute atomic E-state index is 0.0783. The van der Waals surface area contributed by atoms with Gasteiger partial charge in [0.15, 0.2) is 0 Å². The molecular formula is C23H30ClN3O4S. The molecule has 0 heterocycles. The number of carbonyl (C=O) groups is 2. The van der Waals surface area contributed by atoms with Gasteiger partial charge in [0.25, 0.3) is 0 Å². The van der Waals surface area contributed by atoms with Gasteiger partial charge in [-0.1, -0.05) is 42.8 Å². The van der Waals surface area contributed by atoms with E-state index in [1.165, 1.54) is 11.9 Å².